The Labute approximate surface area is 121 Å². The molecular formula is C15H25N5. The van der Waals surface area contributed by atoms with Crippen molar-refractivity contribution in [2.75, 3.05) is 44.2 Å². The summed E-state index contributed by atoms with van der Waals surface area (Å²) in [5.74, 6) is 2.46. The number of piperazine rings is 1. The van der Waals surface area contributed by atoms with Crippen LogP contribution in [-0.4, -0.2) is 60.2 Å². The quantitative estimate of drug-likeness (QED) is 0.891. The van der Waals surface area contributed by atoms with Crippen LogP contribution in [0.4, 0.5) is 5.82 Å². The molecule has 0 aliphatic carbocycles. The highest BCUT2D eigenvalue weighted by Gasteiger charge is 2.33. The molecule has 20 heavy (non-hydrogen) atoms. The zero-order chi connectivity index (χ0) is 14.1. The second kappa shape index (κ2) is 5.66. The standard InChI is InChI=1S/C15H25N5/c1-11(2)15-17-12(3)8-14(18-15)20-9-13(10-20)19-6-4-16-5-7-19/h8,11,13,16H,4-7,9-10H2,1-3H3. The van der Waals surface area contributed by atoms with Crippen LogP contribution in [0.1, 0.15) is 31.3 Å². The lowest BCUT2D eigenvalue weighted by molar-refractivity contribution is 0.147. The maximum Gasteiger partial charge on any atom is 0.133 e. The number of rotatable bonds is 3. The first kappa shape index (κ1) is 13.8. The summed E-state index contributed by atoms with van der Waals surface area (Å²) in [5.41, 5.74) is 1.07. The molecule has 110 valence electrons. The smallest absolute Gasteiger partial charge is 0.133 e. The number of nitrogens with one attached hydrogen (secondary N) is 1. The highest BCUT2D eigenvalue weighted by atomic mass is 15.3. The third-order valence-electron chi connectivity index (χ3n) is 4.23. The Morgan fingerprint density at radius 3 is 2.55 bits per heavy atom. The van der Waals surface area contributed by atoms with Gasteiger partial charge in [-0.3, -0.25) is 4.90 Å². The molecule has 1 aromatic rings. The summed E-state index contributed by atoms with van der Waals surface area (Å²) in [6.45, 7) is 13.2. The maximum absolute atomic E-state index is 4.72. The Morgan fingerprint density at radius 1 is 1.20 bits per heavy atom. The van der Waals surface area contributed by atoms with E-state index in [1.165, 1.54) is 13.1 Å². The predicted octanol–water partition coefficient (Wildman–Crippen LogP) is 1.00. The molecule has 0 atom stereocenters. The van der Waals surface area contributed by atoms with Gasteiger partial charge in [-0.2, -0.15) is 0 Å². The summed E-state index contributed by atoms with van der Waals surface area (Å²) in [6.07, 6.45) is 0. The minimum absolute atomic E-state index is 0.388. The third-order valence-corrected chi connectivity index (χ3v) is 4.23. The first-order chi connectivity index (χ1) is 9.63. The SMILES string of the molecule is Cc1cc(N2CC(N3CCNCC3)C2)nc(C(C)C)n1. The van der Waals surface area contributed by atoms with E-state index in [4.69, 9.17) is 4.98 Å². The zero-order valence-corrected chi connectivity index (χ0v) is 12.8. The van der Waals surface area contributed by atoms with Crippen LogP contribution in [0.25, 0.3) is 0 Å². The van der Waals surface area contributed by atoms with E-state index in [0.717, 1.165) is 43.5 Å². The van der Waals surface area contributed by atoms with Crippen molar-refractivity contribution < 1.29 is 0 Å². The van der Waals surface area contributed by atoms with Gasteiger partial charge in [0.1, 0.15) is 11.6 Å². The molecule has 2 aliphatic heterocycles. The van der Waals surface area contributed by atoms with Gasteiger partial charge < -0.3 is 10.2 Å². The number of hydrogen-bond donors (Lipinski definition) is 1. The molecular weight excluding hydrogens is 250 g/mol. The lowest BCUT2D eigenvalue weighted by Crippen LogP contribution is -2.63. The largest absolute Gasteiger partial charge is 0.353 e. The molecule has 2 aliphatic rings. The van der Waals surface area contributed by atoms with Crippen molar-refractivity contribution in [1.82, 2.24) is 20.2 Å². The van der Waals surface area contributed by atoms with E-state index in [2.05, 4.69) is 46.9 Å². The van der Waals surface area contributed by atoms with Gasteiger partial charge in [-0.15, -0.1) is 0 Å². The monoisotopic (exact) mass is 275 g/mol. The lowest BCUT2D eigenvalue weighted by Gasteiger charge is -2.47. The fourth-order valence-corrected chi connectivity index (χ4v) is 2.92. The average Bonchev–Trinajstić information content (AvgIpc) is 2.37. The highest BCUT2D eigenvalue weighted by Crippen LogP contribution is 2.24. The molecule has 5 nitrogen and oxygen atoms in total. The van der Waals surface area contributed by atoms with E-state index >= 15 is 0 Å². The first-order valence-electron chi connectivity index (χ1n) is 7.69. The van der Waals surface area contributed by atoms with Gasteiger partial charge in [0.15, 0.2) is 0 Å². The molecule has 0 bridgehead atoms. The summed E-state index contributed by atoms with van der Waals surface area (Å²) in [7, 11) is 0. The Kier molecular flexibility index (Phi) is 3.89. The predicted molar refractivity (Wildman–Crippen MR) is 81.3 cm³/mol. The topological polar surface area (TPSA) is 44.3 Å². The van der Waals surface area contributed by atoms with Crippen LogP contribution in [0.15, 0.2) is 6.07 Å². The Bertz CT molecular complexity index is 461. The second-order valence-electron chi connectivity index (χ2n) is 6.23. The molecule has 2 fully saturated rings. The van der Waals surface area contributed by atoms with Crippen LogP contribution >= 0.6 is 0 Å². The van der Waals surface area contributed by atoms with E-state index < -0.39 is 0 Å². The van der Waals surface area contributed by atoms with Gasteiger partial charge in [0, 0.05) is 63.0 Å². The van der Waals surface area contributed by atoms with Gasteiger partial charge >= 0.3 is 0 Å². The zero-order valence-electron chi connectivity index (χ0n) is 12.8. The lowest BCUT2D eigenvalue weighted by atomic mass is 10.1. The number of aryl methyl sites for hydroxylation is 1. The number of nitrogens with zero attached hydrogens (tertiary/aromatic N) is 4. The second-order valence-corrected chi connectivity index (χ2v) is 6.23. The van der Waals surface area contributed by atoms with E-state index in [-0.39, 0.29) is 0 Å². The number of anilines is 1. The van der Waals surface area contributed by atoms with E-state index in [1.54, 1.807) is 0 Å². The van der Waals surface area contributed by atoms with Crippen LogP contribution in [0.2, 0.25) is 0 Å². The van der Waals surface area contributed by atoms with Crippen molar-refractivity contribution in [3.05, 3.63) is 17.6 Å². The normalized spacial score (nSPS) is 21.3. The number of hydrogen-bond acceptors (Lipinski definition) is 5. The molecule has 0 radical (unpaired) electrons. The van der Waals surface area contributed by atoms with Crippen molar-refractivity contribution in [3.63, 3.8) is 0 Å². The highest BCUT2D eigenvalue weighted by molar-refractivity contribution is 5.44. The molecule has 1 aromatic heterocycles. The molecule has 0 spiro atoms. The summed E-state index contributed by atoms with van der Waals surface area (Å²) < 4.78 is 0. The first-order valence-corrected chi connectivity index (χ1v) is 7.69. The molecule has 0 unspecified atom stereocenters. The van der Waals surface area contributed by atoms with Crippen LogP contribution in [-0.2, 0) is 0 Å². The summed E-state index contributed by atoms with van der Waals surface area (Å²) in [6, 6.07) is 2.81. The van der Waals surface area contributed by atoms with Crippen LogP contribution in [0.5, 0.6) is 0 Å². The van der Waals surface area contributed by atoms with Crippen molar-refractivity contribution in [3.8, 4) is 0 Å². The van der Waals surface area contributed by atoms with Gasteiger partial charge in [-0.05, 0) is 6.92 Å². The van der Waals surface area contributed by atoms with Crippen LogP contribution in [0.3, 0.4) is 0 Å². The molecule has 1 N–H and O–H groups in total. The maximum atomic E-state index is 4.72. The molecule has 3 rings (SSSR count). The average molecular weight is 275 g/mol. The van der Waals surface area contributed by atoms with Gasteiger partial charge in [0.05, 0.1) is 0 Å². The van der Waals surface area contributed by atoms with E-state index in [0.29, 0.717) is 12.0 Å². The fraction of sp³-hybridized carbons (Fsp3) is 0.733. The van der Waals surface area contributed by atoms with Crippen LogP contribution < -0.4 is 10.2 Å². The van der Waals surface area contributed by atoms with Crippen molar-refractivity contribution >= 4 is 5.82 Å². The Balaban J connectivity index is 1.64. The van der Waals surface area contributed by atoms with Gasteiger partial charge in [0.25, 0.3) is 0 Å². The molecule has 0 aromatic carbocycles. The summed E-state index contributed by atoms with van der Waals surface area (Å²) >= 11 is 0. The summed E-state index contributed by atoms with van der Waals surface area (Å²) in [4.78, 5) is 14.2. The Hall–Kier alpha value is -1.20. The van der Waals surface area contributed by atoms with E-state index in [1.807, 2.05) is 0 Å². The van der Waals surface area contributed by atoms with Gasteiger partial charge in [-0.1, -0.05) is 13.8 Å². The Morgan fingerprint density at radius 2 is 1.90 bits per heavy atom. The van der Waals surface area contributed by atoms with Crippen molar-refractivity contribution in [2.24, 2.45) is 0 Å². The minimum Gasteiger partial charge on any atom is -0.353 e. The fourth-order valence-electron chi connectivity index (χ4n) is 2.92. The minimum atomic E-state index is 0.388. The van der Waals surface area contributed by atoms with Crippen molar-refractivity contribution in [1.29, 1.82) is 0 Å². The van der Waals surface area contributed by atoms with Gasteiger partial charge in [0.2, 0.25) is 0 Å². The van der Waals surface area contributed by atoms with Crippen molar-refractivity contribution in [2.45, 2.75) is 32.7 Å². The third kappa shape index (κ3) is 2.79. The summed E-state index contributed by atoms with van der Waals surface area (Å²) in [5, 5.41) is 3.41. The molecule has 0 amide bonds. The van der Waals surface area contributed by atoms with E-state index in [9.17, 15) is 0 Å². The molecule has 0 saturated carbocycles. The van der Waals surface area contributed by atoms with Gasteiger partial charge in [-0.25, -0.2) is 9.97 Å². The molecule has 2 saturated heterocycles. The van der Waals surface area contributed by atoms with Crippen LogP contribution in [0, 0.1) is 6.92 Å². The molecule has 5 heteroatoms. The number of aromatic nitrogens is 2. The molecule has 3 heterocycles.